The molecule has 0 bridgehead atoms. The van der Waals surface area contributed by atoms with Gasteiger partial charge in [-0.25, -0.2) is 0 Å². The molecule has 2 aliphatic carbocycles. The van der Waals surface area contributed by atoms with Gasteiger partial charge in [-0.3, -0.25) is 9.48 Å². The summed E-state index contributed by atoms with van der Waals surface area (Å²) in [5, 5.41) is 3.71. The molecule has 2 aromatic rings. The van der Waals surface area contributed by atoms with Gasteiger partial charge in [0.2, 0.25) is 0 Å². The molecule has 0 unspecified atom stereocenters. The van der Waals surface area contributed by atoms with Gasteiger partial charge in [0.1, 0.15) is 11.4 Å². The first-order chi connectivity index (χ1) is 10.9. The Kier molecular flexibility index (Phi) is 2.86. The highest BCUT2D eigenvalue weighted by Gasteiger charge is 2.58. The third-order valence-electron chi connectivity index (χ3n) is 4.48. The number of hydrogen-bond donors (Lipinski definition) is 0. The van der Waals surface area contributed by atoms with E-state index in [2.05, 4.69) is 5.10 Å². The maximum Gasteiger partial charge on any atom is 0.435 e. The number of Topliss-reactive ketones (excluding diaryl/α,β-unsaturated/α-hetero) is 1. The van der Waals surface area contributed by atoms with Crippen LogP contribution in [0.5, 0.6) is 5.75 Å². The molecule has 1 saturated carbocycles. The van der Waals surface area contributed by atoms with Crippen molar-refractivity contribution in [2.45, 2.75) is 25.1 Å². The lowest BCUT2D eigenvalue weighted by molar-refractivity contribution is -0.142. The van der Waals surface area contributed by atoms with Crippen LogP contribution in [0.25, 0.3) is 0 Å². The van der Waals surface area contributed by atoms with Gasteiger partial charge in [0.15, 0.2) is 11.5 Å². The average Bonchev–Trinajstić information content (AvgIpc) is 3.13. The summed E-state index contributed by atoms with van der Waals surface area (Å²) < 4.78 is 45.9. The molecule has 120 valence electrons. The van der Waals surface area contributed by atoms with Crippen molar-refractivity contribution in [2.24, 2.45) is 5.92 Å². The van der Waals surface area contributed by atoms with Crippen LogP contribution in [0.1, 0.15) is 39.6 Å². The van der Waals surface area contributed by atoms with E-state index in [1.807, 2.05) is 0 Å². The number of halogens is 3. The molecule has 2 aliphatic rings. The Balaban J connectivity index is 1.74. The van der Waals surface area contributed by atoms with Gasteiger partial charge in [0.25, 0.3) is 0 Å². The SMILES string of the molecule is COc1ccc(Cn2nc(C(F)(F)F)c3c2C(=O)[C@@H]2C[C@H]32)cc1. The van der Waals surface area contributed by atoms with Crippen LogP contribution < -0.4 is 4.74 Å². The van der Waals surface area contributed by atoms with Crippen molar-refractivity contribution in [3.63, 3.8) is 0 Å². The van der Waals surface area contributed by atoms with Gasteiger partial charge >= 0.3 is 6.18 Å². The maximum atomic E-state index is 13.2. The Bertz CT molecular complexity index is 793. The Morgan fingerprint density at radius 3 is 2.57 bits per heavy atom. The molecular weight excluding hydrogens is 309 g/mol. The number of ketones is 1. The lowest BCUT2D eigenvalue weighted by atomic mass is 10.1. The zero-order chi connectivity index (χ0) is 16.4. The number of carbonyl (C=O) groups is 1. The number of ether oxygens (including phenoxy) is 1. The summed E-state index contributed by atoms with van der Waals surface area (Å²) in [7, 11) is 1.54. The van der Waals surface area contributed by atoms with Gasteiger partial charge in [-0.2, -0.15) is 18.3 Å². The van der Waals surface area contributed by atoms with E-state index >= 15 is 0 Å². The summed E-state index contributed by atoms with van der Waals surface area (Å²) in [6, 6.07) is 6.95. The molecule has 0 aliphatic heterocycles. The van der Waals surface area contributed by atoms with Gasteiger partial charge in [0.05, 0.1) is 13.7 Å². The quantitative estimate of drug-likeness (QED) is 0.871. The molecular formula is C16H13F3N2O2. The minimum absolute atomic E-state index is 0.0982. The number of methoxy groups -OCH3 is 1. The second-order valence-electron chi connectivity index (χ2n) is 5.93. The Labute approximate surface area is 129 Å². The number of rotatable bonds is 3. The summed E-state index contributed by atoms with van der Waals surface area (Å²) in [5.41, 5.74) is 0.0907. The molecule has 1 heterocycles. The molecule has 0 spiro atoms. The minimum Gasteiger partial charge on any atom is -0.497 e. The molecule has 0 saturated heterocycles. The fourth-order valence-corrected chi connectivity index (χ4v) is 3.29. The molecule has 1 aromatic heterocycles. The lowest BCUT2D eigenvalue weighted by Gasteiger charge is -2.07. The number of alkyl halides is 3. The predicted molar refractivity (Wildman–Crippen MR) is 74.5 cm³/mol. The van der Waals surface area contributed by atoms with E-state index in [-0.39, 0.29) is 35.4 Å². The largest absolute Gasteiger partial charge is 0.497 e. The lowest BCUT2D eigenvalue weighted by Crippen LogP contribution is -2.13. The van der Waals surface area contributed by atoms with Crippen molar-refractivity contribution < 1.29 is 22.7 Å². The number of fused-ring (bicyclic) bond motifs is 3. The Hall–Kier alpha value is -2.31. The van der Waals surface area contributed by atoms with Gasteiger partial charge in [-0.15, -0.1) is 0 Å². The Morgan fingerprint density at radius 1 is 1.26 bits per heavy atom. The normalized spacial score (nSPS) is 22.0. The van der Waals surface area contributed by atoms with Gasteiger partial charge < -0.3 is 4.74 Å². The fourth-order valence-electron chi connectivity index (χ4n) is 3.29. The molecule has 7 heteroatoms. The molecule has 4 rings (SSSR count). The highest BCUT2D eigenvalue weighted by Crippen LogP contribution is 2.58. The second-order valence-corrected chi connectivity index (χ2v) is 5.93. The maximum absolute atomic E-state index is 13.2. The van der Waals surface area contributed by atoms with Gasteiger partial charge in [0, 0.05) is 11.5 Å². The van der Waals surface area contributed by atoms with Crippen molar-refractivity contribution in [1.82, 2.24) is 9.78 Å². The van der Waals surface area contributed by atoms with Crippen molar-refractivity contribution in [3.05, 3.63) is 46.8 Å². The molecule has 0 N–H and O–H groups in total. The van der Waals surface area contributed by atoms with Crippen LogP contribution in [-0.4, -0.2) is 22.7 Å². The first-order valence-corrected chi connectivity index (χ1v) is 7.25. The summed E-state index contributed by atoms with van der Waals surface area (Å²) >= 11 is 0. The smallest absolute Gasteiger partial charge is 0.435 e. The van der Waals surface area contributed by atoms with Crippen LogP contribution in [0.4, 0.5) is 13.2 Å². The van der Waals surface area contributed by atoms with E-state index in [1.54, 1.807) is 24.3 Å². The predicted octanol–water partition coefficient (Wildman–Crippen LogP) is 3.26. The van der Waals surface area contributed by atoms with Crippen molar-refractivity contribution in [1.29, 1.82) is 0 Å². The van der Waals surface area contributed by atoms with E-state index in [0.29, 0.717) is 12.2 Å². The van der Waals surface area contributed by atoms with E-state index in [9.17, 15) is 18.0 Å². The summed E-state index contributed by atoms with van der Waals surface area (Å²) in [4.78, 5) is 12.2. The molecule has 4 nitrogen and oxygen atoms in total. The van der Waals surface area contributed by atoms with E-state index in [4.69, 9.17) is 4.74 Å². The molecule has 0 radical (unpaired) electrons. The number of benzene rings is 1. The van der Waals surface area contributed by atoms with Gasteiger partial charge in [-0.1, -0.05) is 12.1 Å². The third kappa shape index (κ3) is 2.14. The zero-order valence-corrected chi connectivity index (χ0v) is 12.2. The zero-order valence-electron chi connectivity index (χ0n) is 12.2. The minimum atomic E-state index is -4.53. The van der Waals surface area contributed by atoms with Crippen molar-refractivity contribution in [2.75, 3.05) is 7.11 Å². The molecule has 0 amide bonds. The molecule has 1 aromatic carbocycles. The highest BCUT2D eigenvalue weighted by atomic mass is 19.4. The van der Waals surface area contributed by atoms with E-state index < -0.39 is 11.9 Å². The summed E-state index contributed by atoms with van der Waals surface area (Å²) in [6.07, 6.45) is -4.02. The van der Waals surface area contributed by atoms with E-state index in [0.717, 1.165) is 5.56 Å². The average molecular weight is 322 g/mol. The van der Waals surface area contributed by atoms with Crippen LogP contribution >= 0.6 is 0 Å². The van der Waals surface area contributed by atoms with Gasteiger partial charge in [-0.05, 0) is 30.0 Å². The van der Waals surface area contributed by atoms with Crippen LogP contribution in [-0.2, 0) is 12.7 Å². The number of nitrogens with zero attached hydrogens (tertiary/aromatic N) is 2. The highest BCUT2D eigenvalue weighted by molar-refractivity contribution is 6.05. The van der Waals surface area contributed by atoms with Crippen LogP contribution in [0.2, 0.25) is 0 Å². The number of aromatic nitrogens is 2. The number of carbonyl (C=O) groups excluding carboxylic acids is 1. The van der Waals surface area contributed by atoms with Crippen LogP contribution in [0.3, 0.4) is 0 Å². The van der Waals surface area contributed by atoms with Crippen LogP contribution in [0.15, 0.2) is 24.3 Å². The van der Waals surface area contributed by atoms with Crippen molar-refractivity contribution in [3.8, 4) is 5.75 Å². The van der Waals surface area contributed by atoms with Crippen LogP contribution in [0, 0.1) is 5.92 Å². The fraction of sp³-hybridized carbons (Fsp3) is 0.375. The summed E-state index contributed by atoms with van der Waals surface area (Å²) in [5.74, 6) is -0.112. The second kappa shape index (κ2) is 4.59. The molecule has 23 heavy (non-hydrogen) atoms. The first-order valence-electron chi connectivity index (χ1n) is 7.25. The molecule has 2 atom stereocenters. The molecule has 1 fully saturated rings. The topological polar surface area (TPSA) is 44.1 Å². The summed E-state index contributed by atoms with van der Waals surface area (Å²) in [6.45, 7) is 0.133. The van der Waals surface area contributed by atoms with E-state index in [1.165, 1.54) is 11.8 Å². The van der Waals surface area contributed by atoms with Crippen molar-refractivity contribution >= 4 is 5.78 Å². The third-order valence-corrected chi connectivity index (χ3v) is 4.48. The Morgan fingerprint density at radius 2 is 1.96 bits per heavy atom. The standard InChI is InChI=1S/C16H13F3N2O2/c1-23-9-4-2-8(3-5-9)7-21-13-12(10-6-11(10)14(13)22)15(20-21)16(17,18)19/h2-5,10-11H,6-7H2,1H3/t10-,11+/m0/s1. The number of hydrogen-bond acceptors (Lipinski definition) is 3. The first kappa shape index (κ1) is 14.3. The monoisotopic (exact) mass is 322 g/mol.